The zero-order chi connectivity index (χ0) is 7.44. The minimum absolute atomic E-state index is 0.144. The molecule has 0 unspecified atom stereocenters. The first-order chi connectivity index (χ1) is 4.09. The molecule has 0 heterocycles. The molecule has 0 aromatic rings. The molecule has 0 aromatic heterocycles. The number of nitrogens with zero attached hydrogens (tertiary/aromatic N) is 1. The summed E-state index contributed by atoms with van der Waals surface area (Å²) in [6.07, 6.45) is 0. The van der Waals surface area contributed by atoms with Gasteiger partial charge in [0.25, 0.3) is 0 Å². The average Bonchev–Trinajstić information content (AvgIpc) is 1.84. The number of rotatable bonds is 3. The number of nitrogens with two attached hydrogens (primary N) is 1. The maximum atomic E-state index is 10.5. The van der Waals surface area contributed by atoms with E-state index in [0.29, 0.717) is 0 Å². The van der Waals surface area contributed by atoms with Gasteiger partial charge in [-0.3, -0.25) is 9.69 Å². The van der Waals surface area contributed by atoms with Crippen molar-refractivity contribution in [3.05, 3.63) is 0 Å². The van der Waals surface area contributed by atoms with Crippen LogP contribution in [0.5, 0.6) is 0 Å². The Bertz CT molecular complexity index is 103. The van der Waals surface area contributed by atoms with E-state index in [1.807, 2.05) is 18.9 Å². The lowest BCUT2D eigenvalue weighted by molar-refractivity contribution is -0.122. The lowest BCUT2D eigenvalue weighted by Gasteiger charge is -2.18. The van der Waals surface area contributed by atoms with Crippen LogP contribution in [0.4, 0.5) is 0 Å². The van der Waals surface area contributed by atoms with Crippen LogP contribution in [0, 0.1) is 0 Å². The molecule has 0 spiro atoms. The van der Waals surface area contributed by atoms with Crippen molar-refractivity contribution in [2.24, 2.45) is 5.73 Å². The van der Waals surface area contributed by atoms with E-state index < -0.39 is 0 Å². The highest BCUT2D eigenvalue weighted by Gasteiger charge is 2.11. The summed E-state index contributed by atoms with van der Waals surface area (Å²) in [6.45, 7) is 4.63. The summed E-state index contributed by atoms with van der Waals surface area (Å²) in [5.41, 5.74) is 5.03. The highest BCUT2D eigenvalue weighted by Crippen LogP contribution is 1.91. The van der Waals surface area contributed by atoms with Crippen LogP contribution in [0.15, 0.2) is 0 Å². The van der Waals surface area contributed by atoms with Crippen LogP contribution in [-0.4, -0.2) is 30.4 Å². The zero-order valence-electron chi connectivity index (χ0n) is 6.22. The number of amides is 1. The van der Waals surface area contributed by atoms with Crippen LogP contribution in [0.1, 0.15) is 13.8 Å². The van der Waals surface area contributed by atoms with Gasteiger partial charge >= 0.3 is 0 Å². The number of carbonyl (C=O) groups excluding carboxylic acids is 1. The molecule has 3 nitrogen and oxygen atoms in total. The maximum Gasteiger partial charge on any atom is 0.234 e. The second kappa shape index (κ2) is 3.45. The van der Waals surface area contributed by atoms with Gasteiger partial charge in [-0.1, -0.05) is 6.92 Å². The van der Waals surface area contributed by atoms with E-state index >= 15 is 0 Å². The van der Waals surface area contributed by atoms with Crippen molar-refractivity contribution in [1.82, 2.24) is 4.90 Å². The Hall–Kier alpha value is -0.570. The van der Waals surface area contributed by atoms with Crippen molar-refractivity contribution in [2.75, 3.05) is 13.6 Å². The molecule has 0 aromatic carbocycles. The monoisotopic (exact) mass is 130 g/mol. The second-order valence-corrected chi connectivity index (χ2v) is 2.15. The fraction of sp³-hybridized carbons (Fsp3) is 0.833. The van der Waals surface area contributed by atoms with Crippen LogP contribution >= 0.6 is 0 Å². The van der Waals surface area contributed by atoms with Crippen LogP contribution in [0.3, 0.4) is 0 Å². The van der Waals surface area contributed by atoms with Gasteiger partial charge in [0.15, 0.2) is 0 Å². The SMILES string of the molecule is CCN(C)[C@@H](C)C(N)=O. The van der Waals surface area contributed by atoms with E-state index in [9.17, 15) is 4.79 Å². The number of likely N-dealkylation sites (N-methyl/N-ethyl adjacent to an activating group) is 1. The topological polar surface area (TPSA) is 46.3 Å². The Balaban J connectivity index is 3.72. The Kier molecular flexibility index (Phi) is 3.24. The highest BCUT2D eigenvalue weighted by molar-refractivity contribution is 5.79. The minimum atomic E-state index is -0.264. The summed E-state index contributed by atoms with van der Waals surface area (Å²) in [4.78, 5) is 12.4. The first-order valence-electron chi connectivity index (χ1n) is 3.09. The van der Waals surface area contributed by atoms with Crippen LogP contribution in [0.25, 0.3) is 0 Å². The normalized spacial score (nSPS) is 13.8. The number of primary amides is 1. The molecule has 0 aliphatic carbocycles. The minimum Gasteiger partial charge on any atom is -0.368 e. The van der Waals surface area contributed by atoms with E-state index in [1.54, 1.807) is 6.92 Å². The first-order valence-corrected chi connectivity index (χ1v) is 3.09. The standard InChI is InChI=1S/C6H14N2O/c1-4-8(3)5(2)6(7)9/h5H,4H2,1-3H3,(H2,7,9)/t5-/m0/s1. The van der Waals surface area contributed by atoms with E-state index in [0.717, 1.165) is 6.54 Å². The van der Waals surface area contributed by atoms with Crippen molar-refractivity contribution < 1.29 is 4.79 Å². The maximum absolute atomic E-state index is 10.5. The summed E-state index contributed by atoms with van der Waals surface area (Å²) in [6, 6.07) is -0.144. The van der Waals surface area contributed by atoms with Crippen molar-refractivity contribution in [3.8, 4) is 0 Å². The molecule has 0 aliphatic rings. The molecule has 0 saturated carbocycles. The first kappa shape index (κ1) is 8.43. The van der Waals surface area contributed by atoms with E-state index in [1.165, 1.54) is 0 Å². The molecule has 1 atom stereocenters. The molecular weight excluding hydrogens is 116 g/mol. The third-order valence-corrected chi connectivity index (χ3v) is 1.57. The Morgan fingerprint density at radius 1 is 1.78 bits per heavy atom. The summed E-state index contributed by atoms with van der Waals surface area (Å²) in [5, 5.41) is 0. The van der Waals surface area contributed by atoms with Crippen molar-refractivity contribution in [3.63, 3.8) is 0 Å². The predicted octanol–water partition coefficient (Wildman–Crippen LogP) is -0.188. The molecule has 3 heteroatoms. The van der Waals surface area contributed by atoms with E-state index in [-0.39, 0.29) is 11.9 Å². The molecule has 0 fully saturated rings. The molecule has 9 heavy (non-hydrogen) atoms. The third kappa shape index (κ3) is 2.46. The molecule has 0 radical (unpaired) electrons. The lowest BCUT2D eigenvalue weighted by atomic mass is 10.3. The molecule has 0 bridgehead atoms. The summed E-state index contributed by atoms with van der Waals surface area (Å²) in [7, 11) is 1.87. The third-order valence-electron chi connectivity index (χ3n) is 1.57. The van der Waals surface area contributed by atoms with Gasteiger partial charge in [0.1, 0.15) is 0 Å². The van der Waals surface area contributed by atoms with Gasteiger partial charge in [-0.05, 0) is 20.5 Å². The molecule has 0 saturated heterocycles. The molecular formula is C6H14N2O. The molecule has 0 aliphatic heterocycles. The van der Waals surface area contributed by atoms with E-state index in [2.05, 4.69) is 0 Å². The van der Waals surface area contributed by atoms with Gasteiger partial charge in [-0.15, -0.1) is 0 Å². The Labute approximate surface area is 55.8 Å². The molecule has 1 amide bonds. The summed E-state index contributed by atoms with van der Waals surface area (Å²) in [5.74, 6) is -0.264. The van der Waals surface area contributed by atoms with Gasteiger partial charge in [0, 0.05) is 0 Å². The van der Waals surface area contributed by atoms with Crippen LogP contribution in [0.2, 0.25) is 0 Å². The average molecular weight is 130 g/mol. The van der Waals surface area contributed by atoms with Gasteiger partial charge in [0.2, 0.25) is 5.91 Å². The quantitative estimate of drug-likeness (QED) is 0.575. The van der Waals surface area contributed by atoms with Crippen LogP contribution in [-0.2, 0) is 4.79 Å². The van der Waals surface area contributed by atoms with E-state index in [4.69, 9.17) is 5.73 Å². The predicted molar refractivity (Wildman–Crippen MR) is 37.0 cm³/mol. The van der Waals surface area contributed by atoms with Crippen LogP contribution < -0.4 is 5.73 Å². The summed E-state index contributed by atoms with van der Waals surface area (Å²) < 4.78 is 0. The number of hydrogen-bond acceptors (Lipinski definition) is 2. The van der Waals surface area contributed by atoms with Gasteiger partial charge in [-0.25, -0.2) is 0 Å². The van der Waals surface area contributed by atoms with Gasteiger partial charge < -0.3 is 5.73 Å². The smallest absolute Gasteiger partial charge is 0.234 e. The molecule has 2 N–H and O–H groups in total. The largest absolute Gasteiger partial charge is 0.368 e. The van der Waals surface area contributed by atoms with Gasteiger partial charge in [-0.2, -0.15) is 0 Å². The Morgan fingerprint density at radius 3 is 2.33 bits per heavy atom. The van der Waals surface area contributed by atoms with Crippen molar-refractivity contribution in [1.29, 1.82) is 0 Å². The lowest BCUT2D eigenvalue weighted by Crippen LogP contribution is -2.39. The second-order valence-electron chi connectivity index (χ2n) is 2.15. The fourth-order valence-electron chi connectivity index (χ4n) is 0.491. The Morgan fingerprint density at radius 2 is 2.22 bits per heavy atom. The molecule has 54 valence electrons. The highest BCUT2D eigenvalue weighted by atomic mass is 16.1. The van der Waals surface area contributed by atoms with Gasteiger partial charge in [0.05, 0.1) is 6.04 Å². The molecule has 0 rings (SSSR count). The fourth-order valence-corrected chi connectivity index (χ4v) is 0.491. The number of hydrogen-bond donors (Lipinski definition) is 1. The van der Waals surface area contributed by atoms with Crippen molar-refractivity contribution in [2.45, 2.75) is 19.9 Å². The summed E-state index contributed by atoms with van der Waals surface area (Å²) >= 11 is 0. The van der Waals surface area contributed by atoms with Crippen molar-refractivity contribution >= 4 is 5.91 Å². The zero-order valence-corrected chi connectivity index (χ0v) is 6.22. The number of carbonyl (C=O) groups is 1.